The molecule has 0 saturated heterocycles. The van der Waals surface area contributed by atoms with Crippen LogP contribution in [-0.4, -0.2) is 42.3 Å². The fourth-order valence-electron chi connectivity index (χ4n) is 3.65. The minimum atomic E-state index is -3.37. The standard InChI is InChI=1S/C26H38NO5P/c1-5-25(21-30-20-24-16-12-9-13-17-24)27(19-23-14-10-8-11-15-23)26(28)18-22(4)33(29,31-6-2)32-7-3/h8-17,22,25H,5-7,18-21H2,1-4H3/t22-,25-/m1/s1. The normalized spacial score (nSPS) is 13.5. The van der Waals surface area contributed by atoms with Gasteiger partial charge < -0.3 is 18.7 Å². The molecule has 0 heterocycles. The van der Waals surface area contributed by atoms with Gasteiger partial charge in [-0.1, -0.05) is 74.5 Å². The van der Waals surface area contributed by atoms with Crippen molar-refractivity contribution in [2.24, 2.45) is 0 Å². The minimum Gasteiger partial charge on any atom is -0.375 e. The molecule has 7 heteroatoms. The lowest BCUT2D eigenvalue weighted by Crippen LogP contribution is -2.43. The Bertz CT molecular complexity index is 852. The third-order valence-electron chi connectivity index (χ3n) is 5.48. The maximum Gasteiger partial charge on any atom is 0.333 e. The van der Waals surface area contributed by atoms with E-state index in [0.29, 0.717) is 19.8 Å². The molecule has 0 aliphatic heterocycles. The highest BCUT2D eigenvalue weighted by atomic mass is 31.2. The largest absolute Gasteiger partial charge is 0.375 e. The summed E-state index contributed by atoms with van der Waals surface area (Å²) < 4.78 is 30.1. The van der Waals surface area contributed by atoms with E-state index in [1.54, 1.807) is 20.8 Å². The van der Waals surface area contributed by atoms with Gasteiger partial charge in [0.1, 0.15) is 0 Å². The first-order valence-corrected chi connectivity index (χ1v) is 13.4. The molecule has 1 amide bonds. The Kier molecular flexibility index (Phi) is 11.8. The van der Waals surface area contributed by atoms with Gasteiger partial charge in [0.05, 0.1) is 38.1 Å². The molecule has 0 aromatic heterocycles. The van der Waals surface area contributed by atoms with Crippen LogP contribution in [0.4, 0.5) is 0 Å². The average Bonchev–Trinajstić information content (AvgIpc) is 2.82. The van der Waals surface area contributed by atoms with Gasteiger partial charge in [0.15, 0.2) is 0 Å². The fraction of sp³-hybridized carbons (Fsp3) is 0.500. The minimum absolute atomic E-state index is 0.0823. The van der Waals surface area contributed by atoms with E-state index in [1.807, 2.05) is 65.6 Å². The second-order valence-corrected chi connectivity index (χ2v) is 10.5. The molecule has 182 valence electrons. The number of hydrogen-bond acceptors (Lipinski definition) is 5. The number of nitrogens with zero attached hydrogens (tertiary/aromatic N) is 1. The first-order chi connectivity index (χ1) is 15.9. The second kappa shape index (κ2) is 14.3. The van der Waals surface area contributed by atoms with E-state index in [0.717, 1.165) is 17.5 Å². The molecule has 33 heavy (non-hydrogen) atoms. The van der Waals surface area contributed by atoms with Crippen LogP contribution >= 0.6 is 7.60 Å². The Morgan fingerprint density at radius 3 is 1.97 bits per heavy atom. The van der Waals surface area contributed by atoms with Crippen molar-refractivity contribution in [1.82, 2.24) is 4.90 Å². The van der Waals surface area contributed by atoms with Gasteiger partial charge >= 0.3 is 7.60 Å². The summed E-state index contributed by atoms with van der Waals surface area (Å²) in [5.74, 6) is -0.0823. The zero-order valence-electron chi connectivity index (χ0n) is 20.3. The number of hydrogen-bond donors (Lipinski definition) is 0. The molecule has 0 aliphatic rings. The molecule has 0 unspecified atom stereocenters. The molecule has 0 bridgehead atoms. The lowest BCUT2D eigenvalue weighted by molar-refractivity contribution is -0.136. The van der Waals surface area contributed by atoms with E-state index in [1.165, 1.54) is 0 Å². The van der Waals surface area contributed by atoms with E-state index in [-0.39, 0.29) is 31.6 Å². The lowest BCUT2D eigenvalue weighted by atomic mass is 10.1. The monoisotopic (exact) mass is 475 g/mol. The van der Waals surface area contributed by atoms with Crippen molar-refractivity contribution in [2.45, 2.75) is 65.4 Å². The van der Waals surface area contributed by atoms with E-state index in [4.69, 9.17) is 13.8 Å². The molecule has 0 N–H and O–H groups in total. The Morgan fingerprint density at radius 1 is 0.909 bits per heavy atom. The highest BCUT2D eigenvalue weighted by Gasteiger charge is 2.35. The zero-order chi connectivity index (χ0) is 24.1. The maximum atomic E-state index is 13.5. The number of carbonyl (C=O) groups is 1. The van der Waals surface area contributed by atoms with E-state index in [2.05, 4.69) is 6.92 Å². The smallest absolute Gasteiger partial charge is 0.333 e. The lowest BCUT2D eigenvalue weighted by Gasteiger charge is -2.33. The first-order valence-electron chi connectivity index (χ1n) is 11.8. The van der Waals surface area contributed by atoms with E-state index < -0.39 is 13.3 Å². The summed E-state index contributed by atoms with van der Waals surface area (Å²) in [7, 11) is -3.37. The van der Waals surface area contributed by atoms with Crippen molar-refractivity contribution < 1.29 is 23.1 Å². The predicted molar refractivity (Wildman–Crippen MR) is 132 cm³/mol. The Balaban J connectivity index is 2.14. The van der Waals surface area contributed by atoms with Gasteiger partial charge in [-0.3, -0.25) is 9.36 Å². The van der Waals surface area contributed by atoms with Crippen LogP contribution in [0.2, 0.25) is 0 Å². The van der Waals surface area contributed by atoms with Crippen LogP contribution in [0.5, 0.6) is 0 Å². The molecule has 0 fully saturated rings. The molecule has 2 rings (SSSR count). The van der Waals surface area contributed by atoms with Crippen molar-refractivity contribution in [3.63, 3.8) is 0 Å². The molecule has 0 aliphatic carbocycles. The maximum absolute atomic E-state index is 13.5. The molecule has 0 saturated carbocycles. The van der Waals surface area contributed by atoms with Gasteiger partial charge in [0.2, 0.25) is 5.91 Å². The number of benzene rings is 2. The second-order valence-electron chi connectivity index (χ2n) is 8.00. The Labute approximate surface area is 198 Å². The number of amides is 1. The molecule has 0 spiro atoms. The van der Waals surface area contributed by atoms with Crippen LogP contribution in [0, 0.1) is 0 Å². The molecule has 0 radical (unpaired) electrons. The topological polar surface area (TPSA) is 65.1 Å². The Hall–Kier alpha value is -1.98. The summed E-state index contributed by atoms with van der Waals surface area (Å²) >= 11 is 0. The first kappa shape index (κ1) is 27.3. The van der Waals surface area contributed by atoms with Crippen LogP contribution in [0.15, 0.2) is 60.7 Å². The molecule has 2 atom stereocenters. The Morgan fingerprint density at radius 2 is 1.45 bits per heavy atom. The van der Waals surface area contributed by atoms with Crippen molar-refractivity contribution in [2.75, 3.05) is 19.8 Å². The molecule has 2 aromatic rings. The summed E-state index contributed by atoms with van der Waals surface area (Å²) in [6.07, 6.45) is 0.829. The average molecular weight is 476 g/mol. The van der Waals surface area contributed by atoms with Gasteiger partial charge in [-0.25, -0.2) is 0 Å². The van der Waals surface area contributed by atoms with Crippen LogP contribution in [-0.2, 0) is 36.3 Å². The molecular weight excluding hydrogens is 437 g/mol. The van der Waals surface area contributed by atoms with E-state index >= 15 is 0 Å². The van der Waals surface area contributed by atoms with Gasteiger partial charge in [0, 0.05) is 13.0 Å². The summed E-state index contributed by atoms with van der Waals surface area (Å²) in [5, 5.41) is 0. The summed E-state index contributed by atoms with van der Waals surface area (Å²) in [5.41, 5.74) is 1.60. The van der Waals surface area contributed by atoms with Gasteiger partial charge in [-0.05, 0) is 31.4 Å². The van der Waals surface area contributed by atoms with Crippen LogP contribution in [0.3, 0.4) is 0 Å². The molecular formula is C26H38NO5P. The highest BCUT2D eigenvalue weighted by Crippen LogP contribution is 2.54. The van der Waals surface area contributed by atoms with Crippen LogP contribution < -0.4 is 0 Å². The van der Waals surface area contributed by atoms with Crippen molar-refractivity contribution in [1.29, 1.82) is 0 Å². The third kappa shape index (κ3) is 8.71. The third-order valence-corrected chi connectivity index (χ3v) is 7.98. The fourth-order valence-corrected chi connectivity index (χ4v) is 5.33. The summed E-state index contributed by atoms with van der Waals surface area (Å²) in [4.78, 5) is 15.3. The van der Waals surface area contributed by atoms with Gasteiger partial charge in [0.25, 0.3) is 0 Å². The van der Waals surface area contributed by atoms with Crippen molar-refractivity contribution in [3.05, 3.63) is 71.8 Å². The molecule has 6 nitrogen and oxygen atoms in total. The summed E-state index contributed by atoms with van der Waals surface area (Å²) in [6.45, 7) is 9.29. The van der Waals surface area contributed by atoms with Crippen LogP contribution in [0.1, 0.15) is 51.7 Å². The SMILES string of the molecule is CCOP(=O)(OCC)[C@H](C)CC(=O)N(Cc1ccccc1)[C@H](CC)COCc1ccccc1. The number of ether oxygens (including phenoxy) is 1. The highest BCUT2D eigenvalue weighted by molar-refractivity contribution is 7.54. The van der Waals surface area contributed by atoms with Crippen molar-refractivity contribution >= 4 is 13.5 Å². The molecule has 2 aromatic carbocycles. The number of rotatable bonds is 15. The van der Waals surface area contributed by atoms with Gasteiger partial charge in [-0.2, -0.15) is 0 Å². The number of carbonyl (C=O) groups excluding carboxylic acids is 1. The van der Waals surface area contributed by atoms with E-state index in [9.17, 15) is 9.36 Å². The predicted octanol–water partition coefficient (Wildman–Crippen LogP) is 6.06. The summed E-state index contributed by atoms with van der Waals surface area (Å²) in [6, 6.07) is 19.8. The van der Waals surface area contributed by atoms with Crippen LogP contribution in [0.25, 0.3) is 0 Å². The van der Waals surface area contributed by atoms with Gasteiger partial charge in [-0.15, -0.1) is 0 Å². The zero-order valence-corrected chi connectivity index (χ0v) is 21.2. The quantitative estimate of drug-likeness (QED) is 0.293. The van der Waals surface area contributed by atoms with Crippen molar-refractivity contribution in [3.8, 4) is 0 Å².